The Morgan fingerprint density at radius 2 is 1.84 bits per heavy atom. The Bertz CT molecular complexity index is 768. The molecule has 0 unspecified atom stereocenters. The molecule has 1 heterocycles. The summed E-state index contributed by atoms with van der Waals surface area (Å²) in [6.07, 6.45) is 0. The number of aryl methyl sites for hydroxylation is 1. The molecule has 0 aliphatic rings. The summed E-state index contributed by atoms with van der Waals surface area (Å²) in [7, 11) is 0. The smallest absolute Gasteiger partial charge is 0.134 e. The number of phenols is 1. The second-order valence-corrected chi connectivity index (χ2v) is 4.52. The van der Waals surface area contributed by atoms with Gasteiger partial charge < -0.3 is 5.11 Å². The summed E-state index contributed by atoms with van der Waals surface area (Å²) in [4.78, 5) is 4.41. The van der Waals surface area contributed by atoms with Crippen LogP contribution in [0.5, 0.6) is 5.75 Å². The minimum Gasteiger partial charge on any atom is -0.508 e. The first-order chi connectivity index (χ1) is 9.13. The second kappa shape index (κ2) is 4.35. The summed E-state index contributed by atoms with van der Waals surface area (Å²) in [6, 6.07) is 13.7. The van der Waals surface area contributed by atoms with Gasteiger partial charge in [0.1, 0.15) is 11.6 Å². The molecule has 1 aromatic heterocycles. The molecule has 0 saturated carbocycles. The van der Waals surface area contributed by atoms with Crippen molar-refractivity contribution in [1.29, 1.82) is 0 Å². The van der Waals surface area contributed by atoms with Gasteiger partial charge in [-0.1, -0.05) is 12.1 Å². The SMILES string of the molecule is Cc1ccc2cc(-c3ccc(O)cc3F)ccc2n1. The van der Waals surface area contributed by atoms with Crippen LogP contribution in [0.25, 0.3) is 22.0 Å². The molecule has 0 bridgehead atoms. The van der Waals surface area contributed by atoms with Gasteiger partial charge in [0.25, 0.3) is 0 Å². The topological polar surface area (TPSA) is 33.1 Å². The van der Waals surface area contributed by atoms with Gasteiger partial charge in [0.05, 0.1) is 5.52 Å². The Balaban J connectivity index is 2.17. The van der Waals surface area contributed by atoms with Gasteiger partial charge in [0, 0.05) is 22.7 Å². The number of pyridine rings is 1. The fourth-order valence-corrected chi connectivity index (χ4v) is 2.13. The number of fused-ring (bicyclic) bond motifs is 1. The predicted molar refractivity (Wildman–Crippen MR) is 73.5 cm³/mol. The van der Waals surface area contributed by atoms with Crippen LogP contribution < -0.4 is 0 Å². The van der Waals surface area contributed by atoms with E-state index in [9.17, 15) is 9.50 Å². The van der Waals surface area contributed by atoms with Crippen LogP contribution in [0, 0.1) is 12.7 Å². The van der Waals surface area contributed by atoms with Crippen LogP contribution in [-0.2, 0) is 0 Å². The highest BCUT2D eigenvalue weighted by Gasteiger charge is 2.07. The summed E-state index contributed by atoms with van der Waals surface area (Å²) in [5.74, 6) is -0.501. The van der Waals surface area contributed by atoms with E-state index in [-0.39, 0.29) is 5.75 Å². The summed E-state index contributed by atoms with van der Waals surface area (Å²) in [5.41, 5.74) is 3.09. The van der Waals surface area contributed by atoms with E-state index in [1.54, 1.807) is 6.07 Å². The number of aromatic nitrogens is 1. The third kappa shape index (κ3) is 2.15. The largest absolute Gasteiger partial charge is 0.508 e. The molecule has 3 aromatic rings. The Kier molecular flexibility index (Phi) is 2.67. The number of halogens is 1. The van der Waals surface area contributed by atoms with Gasteiger partial charge in [-0.25, -0.2) is 4.39 Å². The normalized spacial score (nSPS) is 10.8. The Labute approximate surface area is 110 Å². The molecule has 1 N–H and O–H groups in total. The lowest BCUT2D eigenvalue weighted by Gasteiger charge is -2.06. The number of benzene rings is 2. The molecule has 19 heavy (non-hydrogen) atoms. The van der Waals surface area contributed by atoms with Crippen molar-refractivity contribution in [2.24, 2.45) is 0 Å². The minimum absolute atomic E-state index is 0.0701. The van der Waals surface area contributed by atoms with Crippen LogP contribution >= 0.6 is 0 Å². The second-order valence-electron chi connectivity index (χ2n) is 4.52. The van der Waals surface area contributed by atoms with Crippen molar-refractivity contribution < 1.29 is 9.50 Å². The van der Waals surface area contributed by atoms with Gasteiger partial charge in [-0.05, 0) is 42.8 Å². The molecule has 3 heteroatoms. The fraction of sp³-hybridized carbons (Fsp3) is 0.0625. The van der Waals surface area contributed by atoms with Gasteiger partial charge >= 0.3 is 0 Å². The Morgan fingerprint density at radius 3 is 2.63 bits per heavy atom. The average Bonchev–Trinajstić information content (AvgIpc) is 2.38. The number of aromatic hydroxyl groups is 1. The van der Waals surface area contributed by atoms with Crippen molar-refractivity contribution in [3.63, 3.8) is 0 Å². The average molecular weight is 253 g/mol. The maximum Gasteiger partial charge on any atom is 0.134 e. The molecule has 0 atom stereocenters. The maximum atomic E-state index is 13.8. The van der Waals surface area contributed by atoms with Crippen molar-refractivity contribution in [3.05, 3.63) is 60.0 Å². The van der Waals surface area contributed by atoms with Gasteiger partial charge in [-0.3, -0.25) is 4.98 Å². The number of rotatable bonds is 1. The van der Waals surface area contributed by atoms with Crippen LogP contribution in [0.1, 0.15) is 5.69 Å². The number of hydrogen-bond acceptors (Lipinski definition) is 2. The molecular formula is C16H12FNO. The van der Waals surface area contributed by atoms with Crippen LogP contribution in [0.4, 0.5) is 4.39 Å². The minimum atomic E-state index is -0.431. The van der Waals surface area contributed by atoms with E-state index in [0.717, 1.165) is 28.2 Å². The molecule has 0 saturated heterocycles. The predicted octanol–water partition coefficient (Wildman–Crippen LogP) is 4.05. The van der Waals surface area contributed by atoms with E-state index in [2.05, 4.69) is 4.98 Å². The fourth-order valence-electron chi connectivity index (χ4n) is 2.13. The summed E-state index contributed by atoms with van der Waals surface area (Å²) in [6.45, 7) is 1.94. The Morgan fingerprint density at radius 1 is 1.00 bits per heavy atom. The van der Waals surface area contributed by atoms with Gasteiger partial charge in [0.15, 0.2) is 0 Å². The summed E-state index contributed by atoms with van der Waals surface area (Å²) < 4.78 is 13.8. The molecule has 0 aliphatic carbocycles. The molecule has 2 nitrogen and oxygen atoms in total. The third-order valence-electron chi connectivity index (χ3n) is 3.09. The molecule has 0 spiro atoms. The van der Waals surface area contributed by atoms with E-state index in [0.29, 0.717) is 5.56 Å². The lowest BCUT2D eigenvalue weighted by Crippen LogP contribution is -1.87. The summed E-state index contributed by atoms with van der Waals surface area (Å²) in [5, 5.41) is 10.2. The zero-order valence-corrected chi connectivity index (χ0v) is 10.4. The van der Waals surface area contributed by atoms with Gasteiger partial charge in [0.2, 0.25) is 0 Å². The van der Waals surface area contributed by atoms with Crippen LogP contribution in [0.2, 0.25) is 0 Å². The van der Waals surface area contributed by atoms with E-state index in [4.69, 9.17) is 0 Å². The highest BCUT2D eigenvalue weighted by Crippen LogP contribution is 2.28. The lowest BCUT2D eigenvalue weighted by atomic mass is 10.0. The molecule has 0 aliphatic heterocycles. The van der Waals surface area contributed by atoms with Crippen molar-refractivity contribution in [1.82, 2.24) is 4.98 Å². The van der Waals surface area contributed by atoms with Crippen molar-refractivity contribution in [2.45, 2.75) is 6.92 Å². The van der Waals surface area contributed by atoms with Crippen molar-refractivity contribution in [3.8, 4) is 16.9 Å². The van der Waals surface area contributed by atoms with E-state index < -0.39 is 5.82 Å². The van der Waals surface area contributed by atoms with E-state index in [1.165, 1.54) is 6.07 Å². The lowest BCUT2D eigenvalue weighted by molar-refractivity contribution is 0.469. The first-order valence-electron chi connectivity index (χ1n) is 6.00. The standard InChI is InChI=1S/C16H12FNO/c1-10-2-3-12-8-11(4-7-16(12)18-10)14-6-5-13(19)9-15(14)17/h2-9,19H,1H3. The van der Waals surface area contributed by atoms with E-state index >= 15 is 0 Å². The first kappa shape index (κ1) is 11.7. The highest BCUT2D eigenvalue weighted by molar-refractivity contribution is 5.84. The van der Waals surface area contributed by atoms with Crippen molar-refractivity contribution >= 4 is 10.9 Å². The molecule has 0 fully saturated rings. The van der Waals surface area contributed by atoms with Crippen LogP contribution in [-0.4, -0.2) is 10.1 Å². The zero-order valence-electron chi connectivity index (χ0n) is 10.4. The molecule has 2 aromatic carbocycles. The monoisotopic (exact) mass is 253 g/mol. The molecule has 0 amide bonds. The summed E-state index contributed by atoms with van der Waals surface area (Å²) >= 11 is 0. The highest BCUT2D eigenvalue weighted by atomic mass is 19.1. The quantitative estimate of drug-likeness (QED) is 0.709. The van der Waals surface area contributed by atoms with Crippen molar-refractivity contribution in [2.75, 3.05) is 0 Å². The first-order valence-corrected chi connectivity index (χ1v) is 6.00. The number of phenolic OH excluding ortho intramolecular Hbond substituents is 1. The van der Waals surface area contributed by atoms with Crippen LogP contribution in [0.15, 0.2) is 48.5 Å². The zero-order chi connectivity index (χ0) is 13.4. The van der Waals surface area contributed by atoms with Gasteiger partial charge in [-0.15, -0.1) is 0 Å². The van der Waals surface area contributed by atoms with Crippen LogP contribution in [0.3, 0.4) is 0 Å². The van der Waals surface area contributed by atoms with E-state index in [1.807, 2.05) is 37.3 Å². The molecule has 3 rings (SSSR count). The number of hydrogen-bond donors (Lipinski definition) is 1. The molecule has 0 radical (unpaired) electrons. The molecular weight excluding hydrogens is 241 g/mol. The molecule has 94 valence electrons. The third-order valence-corrected chi connectivity index (χ3v) is 3.09. The van der Waals surface area contributed by atoms with Gasteiger partial charge in [-0.2, -0.15) is 0 Å². The number of nitrogens with zero attached hydrogens (tertiary/aromatic N) is 1. The maximum absolute atomic E-state index is 13.8. The Hall–Kier alpha value is -2.42.